The average molecular weight is 231 g/mol. The summed E-state index contributed by atoms with van der Waals surface area (Å²) in [5.41, 5.74) is 1.38. The lowest BCUT2D eigenvalue weighted by Gasteiger charge is -2.06. The summed E-state index contributed by atoms with van der Waals surface area (Å²) in [4.78, 5) is 11.3. The number of carbonyl (C=O) groups is 1. The Kier molecular flexibility index (Phi) is 3.45. The van der Waals surface area contributed by atoms with Crippen LogP contribution in [-0.4, -0.2) is 13.1 Å². The van der Waals surface area contributed by atoms with Crippen molar-refractivity contribution in [1.82, 2.24) is 0 Å². The molecular weight excluding hydrogens is 218 g/mol. The number of rotatable bonds is 4. The van der Waals surface area contributed by atoms with Crippen LogP contribution in [-0.2, 0) is 11.3 Å². The van der Waals surface area contributed by atoms with E-state index in [1.807, 2.05) is 18.2 Å². The van der Waals surface area contributed by atoms with Gasteiger partial charge >= 0.3 is 5.97 Å². The van der Waals surface area contributed by atoms with Gasteiger partial charge in [0.25, 0.3) is 0 Å². The summed E-state index contributed by atoms with van der Waals surface area (Å²) in [5.74, 6) is 0.500. The van der Waals surface area contributed by atoms with Crippen molar-refractivity contribution in [3.05, 3.63) is 54.0 Å². The third-order valence-corrected chi connectivity index (χ3v) is 2.33. The molecule has 0 bridgehead atoms. The maximum Gasteiger partial charge on any atom is 0.337 e. The fourth-order valence-electron chi connectivity index (χ4n) is 1.48. The van der Waals surface area contributed by atoms with Gasteiger partial charge in [0, 0.05) is 5.69 Å². The standard InChI is InChI=1S/C13H13NO3/c1-16-13(15)10-4-2-5-11(8-10)14-9-12-6-3-7-17-12/h2-8,14H,9H2,1H3. The quantitative estimate of drug-likeness (QED) is 0.822. The molecule has 0 atom stereocenters. The van der Waals surface area contributed by atoms with Crippen LogP contribution in [0.1, 0.15) is 16.1 Å². The first-order valence-corrected chi connectivity index (χ1v) is 5.24. The molecule has 0 unspecified atom stereocenters. The highest BCUT2D eigenvalue weighted by molar-refractivity contribution is 5.90. The molecule has 0 fully saturated rings. The maximum absolute atomic E-state index is 11.3. The first-order valence-electron chi connectivity index (χ1n) is 5.24. The highest BCUT2D eigenvalue weighted by Gasteiger charge is 2.05. The highest BCUT2D eigenvalue weighted by atomic mass is 16.5. The molecule has 4 nitrogen and oxygen atoms in total. The molecular formula is C13H13NO3. The van der Waals surface area contributed by atoms with Gasteiger partial charge in [-0.1, -0.05) is 6.07 Å². The van der Waals surface area contributed by atoms with E-state index in [-0.39, 0.29) is 5.97 Å². The summed E-state index contributed by atoms with van der Waals surface area (Å²) in [6, 6.07) is 10.9. The van der Waals surface area contributed by atoms with Gasteiger partial charge in [0.15, 0.2) is 0 Å². The summed E-state index contributed by atoms with van der Waals surface area (Å²) in [7, 11) is 1.37. The van der Waals surface area contributed by atoms with Gasteiger partial charge in [-0.2, -0.15) is 0 Å². The highest BCUT2D eigenvalue weighted by Crippen LogP contribution is 2.13. The van der Waals surface area contributed by atoms with Crippen LogP contribution in [0.2, 0.25) is 0 Å². The van der Waals surface area contributed by atoms with Gasteiger partial charge in [0.2, 0.25) is 0 Å². The van der Waals surface area contributed by atoms with Crippen molar-refractivity contribution >= 4 is 11.7 Å². The molecule has 1 aromatic heterocycles. The first kappa shape index (κ1) is 11.3. The van der Waals surface area contributed by atoms with Crippen LogP contribution in [0.4, 0.5) is 5.69 Å². The summed E-state index contributed by atoms with van der Waals surface area (Å²) >= 11 is 0. The number of furan rings is 1. The summed E-state index contributed by atoms with van der Waals surface area (Å²) in [6.45, 7) is 0.581. The lowest BCUT2D eigenvalue weighted by Crippen LogP contribution is -2.03. The van der Waals surface area contributed by atoms with E-state index in [0.29, 0.717) is 12.1 Å². The Balaban J connectivity index is 2.03. The van der Waals surface area contributed by atoms with Crippen molar-refractivity contribution in [3.8, 4) is 0 Å². The number of anilines is 1. The van der Waals surface area contributed by atoms with Crippen LogP contribution in [0.3, 0.4) is 0 Å². The molecule has 0 aliphatic carbocycles. The van der Waals surface area contributed by atoms with Crippen molar-refractivity contribution in [1.29, 1.82) is 0 Å². The normalized spacial score (nSPS) is 9.94. The molecule has 1 heterocycles. The molecule has 0 aliphatic heterocycles. The van der Waals surface area contributed by atoms with Crippen LogP contribution in [0.25, 0.3) is 0 Å². The predicted molar refractivity (Wildman–Crippen MR) is 63.8 cm³/mol. The Morgan fingerprint density at radius 1 is 1.35 bits per heavy atom. The molecule has 1 aromatic carbocycles. The Hall–Kier alpha value is -2.23. The number of ether oxygens (including phenoxy) is 1. The van der Waals surface area contributed by atoms with E-state index in [1.54, 1.807) is 24.5 Å². The first-order chi connectivity index (χ1) is 8.29. The average Bonchev–Trinajstić information content (AvgIpc) is 2.89. The van der Waals surface area contributed by atoms with E-state index in [2.05, 4.69) is 10.1 Å². The van der Waals surface area contributed by atoms with E-state index in [0.717, 1.165) is 11.4 Å². The second kappa shape index (κ2) is 5.21. The number of benzene rings is 1. The molecule has 0 saturated heterocycles. The fourth-order valence-corrected chi connectivity index (χ4v) is 1.48. The molecule has 2 aromatic rings. The predicted octanol–water partition coefficient (Wildman–Crippen LogP) is 2.68. The number of hydrogen-bond acceptors (Lipinski definition) is 4. The van der Waals surface area contributed by atoms with Crippen LogP contribution in [0, 0.1) is 0 Å². The summed E-state index contributed by atoms with van der Waals surface area (Å²) in [5, 5.41) is 3.16. The molecule has 0 spiro atoms. The Labute approximate surface area is 99.2 Å². The van der Waals surface area contributed by atoms with Crippen LogP contribution >= 0.6 is 0 Å². The van der Waals surface area contributed by atoms with Crippen molar-refractivity contribution in [3.63, 3.8) is 0 Å². The SMILES string of the molecule is COC(=O)c1cccc(NCc2ccco2)c1. The Morgan fingerprint density at radius 3 is 2.94 bits per heavy atom. The van der Waals surface area contributed by atoms with E-state index in [9.17, 15) is 4.79 Å². The number of nitrogens with one attached hydrogen (secondary N) is 1. The molecule has 0 radical (unpaired) electrons. The number of esters is 1. The zero-order valence-electron chi connectivity index (χ0n) is 9.47. The fraction of sp³-hybridized carbons (Fsp3) is 0.154. The molecule has 2 rings (SSSR count). The minimum Gasteiger partial charge on any atom is -0.467 e. The third-order valence-electron chi connectivity index (χ3n) is 2.33. The molecule has 0 saturated carbocycles. The van der Waals surface area contributed by atoms with Crippen molar-refractivity contribution in [2.24, 2.45) is 0 Å². The third kappa shape index (κ3) is 2.87. The lowest BCUT2D eigenvalue weighted by atomic mass is 10.2. The Bertz CT molecular complexity index is 491. The van der Waals surface area contributed by atoms with Crippen molar-refractivity contribution in [2.75, 3.05) is 12.4 Å². The van der Waals surface area contributed by atoms with Gasteiger partial charge in [-0.3, -0.25) is 0 Å². The molecule has 17 heavy (non-hydrogen) atoms. The van der Waals surface area contributed by atoms with Gasteiger partial charge in [0.05, 0.1) is 25.5 Å². The number of hydrogen-bond donors (Lipinski definition) is 1. The van der Waals surface area contributed by atoms with Gasteiger partial charge in [-0.05, 0) is 30.3 Å². The summed E-state index contributed by atoms with van der Waals surface area (Å²) < 4.78 is 9.86. The van der Waals surface area contributed by atoms with Gasteiger partial charge in [-0.15, -0.1) is 0 Å². The summed E-state index contributed by atoms with van der Waals surface area (Å²) in [6.07, 6.45) is 1.63. The van der Waals surface area contributed by atoms with Crippen molar-refractivity contribution in [2.45, 2.75) is 6.54 Å². The number of methoxy groups -OCH3 is 1. The monoisotopic (exact) mass is 231 g/mol. The second-order valence-corrected chi connectivity index (χ2v) is 3.51. The van der Waals surface area contributed by atoms with E-state index < -0.39 is 0 Å². The molecule has 4 heteroatoms. The smallest absolute Gasteiger partial charge is 0.337 e. The van der Waals surface area contributed by atoms with E-state index in [4.69, 9.17) is 4.42 Å². The second-order valence-electron chi connectivity index (χ2n) is 3.51. The minimum absolute atomic E-state index is 0.341. The molecule has 0 aliphatic rings. The largest absolute Gasteiger partial charge is 0.467 e. The molecule has 88 valence electrons. The molecule has 1 N–H and O–H groups in total. The topological polar surface area (TPSA) is 51.5 Å². The van der Waals surface area contributed by atoms with Crippen LogP contribution in [0.5, 0.6) is 0 Å². The van der Waals surface area contributed by atoms with E-state index in [1.165, 1.54) is 7.11 Å². The zero-order valence-corrected chi connectivity index (χ0v) is 9.47. The molecule has 0 amide bonds. The van der Waals surface area contributed by atoms with Crippen LogP contribution < -0.4 is 5.32 Å². The lowest BCUT2D eigenvalue weighted by molar-refractivity contribution is 0.0601. The van der Waals surface area contributed by atoms with Gasteiger partial charge < -0.3 is 14.5 Å². The van der Waals surface area contributed by atoms with E-state index >= 15 is 0 Å². The number of carbonyl (C=O) groups excluding carboxylic acids is 1. The van der Waals surface area contributed by atoms with Crippen molar-refractivity contribution < 1.29 is 13.9 Å². The minimum atomic E-state index is -0.341. The van der Waals surface area contributed by atoms with Gasteiger partial charge in [0.1, 0.15) is 5.76 Å². The maximum atomic E-state index is 11.3. The van der Waals surface area contributed by atoms with Crippen LogP contribution in [0.15, 0.2) is 47.1 Å². The Morgan fingerprint density at radius 2 is 2.24 bits per heavy atom. The van der Waals surface area contributed by atoms with Gasteiger partial charge in [-0.25, -0.2) is 4.79 Å². The zero-order chi connectivity index (χ0) is 12.1.